The van der Waals surface area contributed by atoms with Crippen LogP contribution in [0.1, 0.15) is 60.3 Å². The second kappa shape index (κ2) is 7.00. The summed E-state index contributed by atoms with van der Waals surface area (Å²) in [4.78, 5) is 27.4. The maximum Gasteiger partial charge on any atom is 0.411 e. The van der Waals surface area contributed by atoms with Gasteiger partial charge >= 0.3 is 6.09 Å². The maximum absolute atomic E-state index is 13.2. The number of amides is 1. The first kappa shape index (κ1) is 19.2. The van der Waals surface area contributed by atoms with Crippen LogP contribution in [-0.4, -0.2) is 58.3 Å². The van der Waals surface area contributed by atoms with Crippen molar-refractivity contribution in [2.45, 2.75) is 83.6 Å². The van der Waals surface area contributed by atoms with Crippen LogP contribution in [0.25, 0.3) is 0 Å². The number of aliphatic hydroxyl groups is 1. The van der Waals surface area contributed by atoms with Crippen molar-refractivity contribution in [1.82, 2.24) is 10.2 Å². The maximum atomic E-state index is 13.2. The number of hydrogen-bond acceptors (Lipinski definition) is 5. The van der Waals surface area contributed by atoms with E-state index in [2.05, 4.69) is 5.32 Å². The summed E-state index contributed by atoms with van der Waals surface area (Å²) >= 11 is 0. The number of ether oxygens (including phenoxy) is 1. The van der Waals surface area contributed by atoms with Crippen LogP contribution in [0.5, 0.6) is 0 Å². The van der Waals surface area contributed by atoms with E-state index in [9.17, 15) is 14.7 Å². The Kier molecular flexibility index (Phi) is 5.60. The Labute approximate surface area is 144 Å². The van der Waals surface area contributed by atoms with Gasteiger partial charge in [-0.25, -0.2) is 4.79 Å². The van der Waals surface area contributed by atoms with Crippen LogP contribution in [0.15, 0.2) is 0 Å². The molecule has 1 amide bonds. The molecule has 1 atom stereocenters. The molecule has 1 heterocycles. The van der Waals surface area contributed by atoms with Crippen molar-refractivity contribution in [2.75, 3.05) is 13.1 Å². The number of rotatable bonds is 2. The molecule has 0 radical (unpaired) electrons. The van der Waals surface area contributed by atoms with E-state index in [0.29, 0.717) is 38.8 Å². The summed E-state index contributed by atoms with van der Waals surface area (Å²) in [5, 5.41) is 13.0. The average molecular weight is 340 g/mol. The molecule has 1 saturated heterocycles. The van der Waals surface area contributed by atoms with Crippen molar-refractivity contribution < 1.29 is 19.4 Å². The fourth-order valence-electron chi connectivity index (χ4n) is 3.72. The normalized spacial score (nSPS) is 30.8. The van der Waals surface area contributed by atoms with Crippen molar-refractivity contribution >= 4 is 11.9 Å². The molecule has 1 aliphatic heterocycles. The SMILES string of the molecule is CC(C)(C)OC(=O)N1CCNC(C)(C)C1C(=O)C1CCC(O)CC1. The lowest BCUT2D eigenvalue weighted by atomic mass is 9.77. The van der Waals surface area contributed by atoms with Gasteiger partial charge < -0.3 is 15.2 Å². The zero-order valence-corrected chi connectivity index (χ0v) is 15.6. The number of ketones is 1. The summed E-state index contributed by atoms with van der Waals surface area (Å²) in [7, 11) is 0. The summed E-state index contributed by atoms with van der Waals surface area (Å²) in [6, 6.07) is -0.540. The molecule has 0 aromatic rings. The van der Waals surface area contributed by atoms with E-state index in [0.717, 1.165) is 0 Å². The quantitative estimate of drug-likeness (QED) is 0.805. The minimum absolute atomic E-state index is 0.0879. The van der Waals surface area contributed by atoms with Gasteiger partial charge in [0, 0.05) is 24.5 Å². The van der Waals surface area contributed by atoms with E-state index in [4.69, 9.17) is 4.74 Å². The van der Waals surface area contributed by atoms with Crippen LogP contribution < -0.4 is 5.32 Å². The minimum atomic E-state index is -0.589. The monoisotopic (exact) mass is 340 g/mol. The third kappa shape index (κ3) is 4.48. The zero-order chi connectivity index (χ0) is 18.1. The topological polar surface area (TPSA) is 78.9 Å². The number of carbonyl (C=O) groups excluding carboxylic acids is 2. The van der Waals surface area contributed by atoms with Crippen LogP contribution in [0.2, 0.25) is 0 Å². The number of Topliss-reactive ketones (excluding diaryl/α,β-unsaturated/α-hetero) is 1. The summed E-state index contributed by atoms with van der Waals surface area (Å²) in [5.74, 6) is -0.00697. The number of nitrogens with zero attached hydrogens (tertiary/aromatic N) is 1. The van der Waals surface area contributed by atoms with Crippen molar-refractivity contribution in [3.8, 4) is 0 Å². The first-order valence-electron chi connectivity index (χ1n) is 8.98. The lowest BCUT2D eigenvalue weighted by Crippen LogP contribution is -2.69. The Morgan fingerprint density at radius 2 is 1.75 bits per heavy atom. The first-order valence-corrected chi connectivity index (χ1v) is 8.98. The molecule has 2 aliphatic rings. The molecule has 6 nitrogen and oxygen atoms in total. The van der Waals surface area contributed by atoms with Crippen molar-refractivity contribution in [1.29, 1.82) is 0 Å². The standard InChI is InChI=1S/C18H32N2O4/c1-17(2,3)24-16(23)20-11-10-19-18(4,5)15(20)14(22)12-6-8-13(21)9-7-12/h12-13,15,19,21H,6-11H2,1-5H3. The molecule has 2 N–H and O–H groups in total. The Balaban J connectivity index is 2.19. The Bertz CT molecular complexity index is 476. The molecular formula is C18H32N2O4. The molecule has 2 fully saturated rings. The molecule has 6 heteroatoms. The smallest absolute Gasteiger partial charge is 0.411 e. The van der Waals surface area contributed by atoms with E-state index in [1.807, 2.05) is 34.6 Å². The van der Waals surface area contributed by atoms with Crippen molar-refractivity contribution in [3.05, 3.63) is 0 Å². The van der Waals surface area contributed by atoms with Crippen LogP contribution in [0.4, 0.5) is 4.79 Å². The third-order valence-electron chi connectivity index (χ3n) is 4.93. The highest BCUT2D eigenvalue weighted by Gasteiger charge is 2.47. The number of carbonyl (C=O) groups is 2. The number of nitrogens with one attached hydrogen (secondary N) is 1. The third-order valence-corrected chi connectivity index (χ3v) is 4.93. The molecule has 2 rings (SSSR count). The van der Waals surface area contributed by atoms with Gasteiger partial charge in [0.25, 0.3) is 0 Å². The van der Waals surface area contributed by atoms with Gasteiger partial charge in [-0.2, -0.15) is 0 Å². The molecule has 0 aromatic carbocycles. The van der Waals surface area contributed by atoms with Crippen LogP contribution in [0.3, 0.4) is 0 Å². The Hall–Kier alpha value is -1.14. The van der Waals surface area contributed by atoms with E-state index in [1.165, 1.54) is 0 Å². The van der Waals surface area contributed by atoms with Gasteiger partial charge in [-0.1, -0.05) is 0 Å². The van der Waals surface area contributed by atoms with Crippen molar-refractivity contribution in [3.63, 3.8) is 0 Å². The summed E-state index contributed by atoms with van der Waals surface area (Å²) in [6.07, 6.45) is 1.97. The molecule has 1 aliphatic carbocycles. The second-order valence-corrected chi connectivity index (χ2v) is 8.63. The van der Waals surface area contributed by atoms with E-state index < -0.39 is 23.3 Å². The lowest BCUT2D eigenvalue weighted by Gasteiger charge is -2.47. The highest BCUT2D eigenvalue weighted by Crippen LogP contribution is 2.31. The minimum Gasteiger partial charge on any atom is -0.444 e. The predicted octanol–water partition coefficient (Wildman–Crippen LogP) is 2.09. The van der Waals surface area contributed by atoms with Gasteiger partial charge in [0.1, 0.15) is 11.6 Å². The van der Waals surface area contributed by atoms with E-state index in [-0.39, 0.29) is 17.8 Å². The molecule has 0 spiro atoms. The summed E-state index contributed by atoms with van der Waals surface area (Å²) < 4.78 is 5.52. The van der Waals surface area contributed by atoms with Crippen LogP contribution in [-0.2, 0) is 9.53 Å². The second-order valence-electron chi connectivity index (χ2n) is 8.63. The van der Waals surface area contributed by atoms with E-state index >= 15 is 0 Å². The molecule has 1 unspecified atom stereocenters. The molecule has 0 aromatic heterocycles. The fourth-order valence-corrected chi connectivity index (χ4v) is 3.72. The van der Waals surface area contributed by atoms with Crippen LogP contribution in [0, 0.1) is 5.92 Å². The summed E-state index contributed by atoms with van der Waals surface area (Å²) in [6.45, 7) is 10.5. The molecule has 1 saturated carbocycles. The van der Waals surface area contributed by atoms with Crippen LogP contribution >= 0.6 is 0 Å². The predicted molar refractivity (Wildman–Crippen MR) is 91.8 cm³/mol. The molecular weight excluding hydrogens is 308 g/mol. The van der Waals surface area contributed by atoms with Gasteiger partial charge in [0.15, 0.2) is 5.78 Å². The van der Waals surface area contributed by atoms with Gasteiger partial charge in [-0.15, -0.1) is 0 Å². The molecule has 138 valence electrons. The largest absolute Gasteiger partial charge is 0.444 e. The van der Waals surface area contributed by atoms with E-state index in [1.54, 1.807) is 4.90 Å². The number of piperazine rings is 1. The van der Waals surface area contributed by atoms with Crippen molar-refractivity contribution in [2.24, 2.45) is 5.92 Å². The first-order chi connectivity index (χ1) is 11.0. The number of hydrogen-bond donors (Lipinski definition) is 2. The lowest BCUT2D eigenvalue weighted by molar-refractivity contribution is -0.134. The van der Waals surface area contributed by atoms with Gasteiger partial charge in [-0.3, -0.25) is 9.69 Å². The fraction of sp³-hybridized carbons (Fsp3) is 0.889. The molecule has 24 heavy (non-hydrogen) atoms. The Morgan fingerprint density at radius 1 is 1.17 bits per heavy atom. The van der Waals surface area contributed by atoms with Gasteiger partial charge in [0.05, 0.1) is 6.10 Å². The average Bonchev–Trinajstić information content (AvgIpc) is 2.44. The van der Waals surface area contributed by atoms with Gasteiger partial charge in [0.2, 0.25) is 0 Å². The molecule has 0 bridgehead atoms. The Morgan fingerprint density at radius 3 is 2.29 bits per heavy atom. The van der Waals surface area contributed by atoms with Gasteiger partial charge in [-0.05, 0) is 60.3 Å². The highest BCUT2D eigenvalue weighted by atomic mass is 16.6. The highest BCUT2D eigenvalue weighted by molar-refractivity contribution is 5.91. The zero-order valence-electron chi connectivity index (χ0n) is 15.6. The summed E-state index contributed by atoms with van der Waals surface area (Å²) in [5.41, 5.74) is -1.09. The number of aliphatic hydroxyl groups excluding tert-OH is 1.